The minimum atomic E-state index is -0.353. The highest BCUT2D eigenvalue weighted by Gasteiger charge is 2.43. The standard InChI is InChI=1S/C23H20N2O3S/c1-3-24(16-10-5-4-6-11-16)21-20(19-14-9-15-29-19)22(26)25(23(21)27)17-12-7-8-13-18(17)28-2/h4-15H,3H2,1-2H3. The quantitative estimate of drug-likeness (QED) is 0.565. The molecule has 2 heterocycles. The second kappa shape index (κ2) is 7.93. The van der Waals surface area contributed by atoms with Crippen LogP contribution in [-0.4, -0.2) is 25.5 Å². The van der Waals surface area contributed by atoms with Crippen molar-refractivity contribution in [3.8, 4) is 5.75 Å². The van der Waals surface area contributed by atoms with Gasteiger partial charge in [0.2, 0.25) is 0 Å². The van der Waals surface area contributed by atoms with Crippen LogP contribution >= 0.6 is 11.3 Å². The highest BCUT2D eigenvalue weighted by molar-refractivity contribution is 7.11. The van der Waals surface area contributed by atoms with Crippen molar-refractivity contribution in [1.82, 2.24) is 0 Å². The average molecular weight is 404 g/mol. The maximum absolute atomic E-state index is 13.6. The molecule has 0 saturated carbocycles. The Morgan fingerprint density at radius 2 is 1.66 bits per heavy atom. The van der Waals surface area contributed by atoms with Crippen molar-refractivity contribution in [2.75, 3.05) is 23.5 Å². The molecule has 2 amide bonds. The topological polar surface area (TPSA) is 49.9 Å². The van der Waals surface area contributed by atoms with Gasteiger partial charge < -0.3 is 9.64 Å². The Hall–Kier alpha value is -3.38. The lowest BCUT2D eigenvalue weighted by Gasteiger charge is -2.25. The summed E-state index contributed by atoms with van der Waals surface area (Å²) in [4.78, 5) is 31.0. The molecule has 29 heavy (non-hydrogen) atoms. The largest absolute Gasteiger partial charge is 0.495 e. The van der Waals surface area contributed by atoms with Crippen LogP contribution in [0.5, 0.6) is 5.75 Å². The first-order valence-corrected chi connectivity index (χ1v) is 10.2. The first-order chi connectivity index (χ1) is 14.2. The van der Waals surface area contributed by atoms with Gasteiger partial charge in [0, 0.05) is 17.1 Å². The number of para-hydroxylation sites is 3. The molecule has 0 fully saturated rings. The van der Waals surface area contributed by atoms with E-state index in [9.17, 15) is 9.59 Å². The minimum absolute atomic E-state index is 0.341. The number of amides is 2. The molecule has 0 aliphatic carbocycles. The molecule has 0 bridgehead atoms. The molecule has 4 rings (SSSR count). The zero-order valence-electron chi connectivity index (χ0n) is 16.2. The summed E-state index contributed by atoms with van der Waals surface area (Å²) in [5, 5.41) is 1.91. The van der Waals surface area contributed by atoms with Gasteiger partial charge >= 0.3 is 0 Å². The molecule has 1 aliphatic rings. The number of benzene rings is 2. The van der Waals surface area contributed by atoms with Crippen LogP contribution in [0.4, 0.5) is 11.4 Å². The zero-order chi connectivity index (χ0) is 20.4. The Kier molecular flexibility index (Phi) is 5.18. The molecular weight excluding hydrogens is 384 g/mol. The minimum Gasteiger partial charge on any atom is -0.495 e. The third-order valence-electron chi connectivity index (χ3n) is 4.81. The van der Waals surface area contributed by atoms with Gasteiger partial charge in [0.15, 0.2) is 0 Å². The van der Waals surface area contributed by atoms with Gasteiger partial charge in [0.25, 0.3) is 11.8 Å². The average Bonchev–Trinajstić information content (AvgIpc) is 3.36. The van der Waals surface area contributed by atoms with E-state index in [0.717, 1.165) is 10.6 Å². The second-order valence-corrected chi connectivity index (χ2v) is 7.35. The van der Waals surface area contributed by atoms with Crippen molar-refractivity contribution >= 4 is 40.1 Å². The number of thiophene rings is 1. The van der Waals surface area contributed by atoms with Crippen LogP contribution in [0.2, 0.25) is 0 Å². The molecule has 0 atom stereocenters. The van der Waals surface area contributed by atoms with Crippen molar-refractivity contribution < 1.29 is 14.3 Å². The summed E-state index contributed by atoms with van der Waals surface area (Å²) in [6.07, 6.45) is 0. The lowest BCUT2D eigenvalue weighted by Crippen LogP contribution is -2.35. The number of imide groups is 1. The number of likely N-dealkylation sites (N-methyl/N-ethyl adjacent to an activating group) is 1. The fourth-order valence-electron chi connectivity index (χ4n) is 3.52. The monoisotopic (exact) mass is 404 g/mol. The molecule has 1 aliphatic heterocycles. The van der Waals surface area contributed by atoms with E-state index in [0.29, 0.717) is 29.3 Å². The summed E-state index contributed by atoms with van der Waals surface area (Å²) in [6.45, 7) is 2.52. The normalized spacial score (nSPS) is 13.9. The fourth-order valence-corrected chi connectivity index (χ4v) is 4.29. The van der Waals surface area contributed by atoms with E-state index in [4.69, 9.17) is 4.74 Å². The van der Waals surface area contributed by atoms with Crippen LogP contribution in [0.1, 0.15) is 11.8 Å². The first-order valence-electron chi connectivity index (χ1n) is 9.30. The van der Waals surface area contributed by atoms with Crippen LogP contribution in [-0.2, 0) is 9.59 Å². The molecule has 0 radical (unpaired) electrons. The Labute approximate surface area is 173 Å². The van der Waals surface area contributed by atoms with E-state index < -0.39 is 0 Å². The van der Waals surface area contributed by atoms with Crippen molar-refractivity contribution in [3.63, 3.8) is 0 Å². The Morgan fingerprint density at radius 1 is 0.931 bits per heavy atom. The number of ether oxygens (including phenoxy) is 1. The van der Waals surface area contributed by atoms with Crippen LogP contribution in [0.15, 0.2) is 77.8 Å². The number of nitrogens with zero attached hydrogens (tertiary/aromatic N) is 2. The number of methoxy groups -OCH3 is 1. The van der Waals surface area contributed by atoms with Crippen molar-refractivity contribution in [1.29, 1.82) is 0 Å². The van der Waals surface area contributed by atoms with Gasteiger partial charge in [-0.15, -0.1) is 11.3 Å². The Balaban J connectivity index is 1.90. The summed E-state index contributed by atoms with van der Waals surface area (Å²) in [6, 6.07) is 20.5. The smallest absolute Gasteiger partial charge is 0.282 e. The molecule has 0 saturated heterocycles. The molecule has 0 unspecified atom stereocenters. The maximum atomic E-state index is 13.6. The first kappa shape index (κ1) is 19.0. The molecule has 3 aromatic rings. The third-order valence-corrected chi connectivity index (χ3v) is 5.69. The SMILES string of the molecule is CCN(C1=C(c2cccs2)C(=O)N(c2ccccc2OC)C1=O)c1ccccc1. The van der Waals surface area contributed by atoms with Gasteiger partial charge in [-0.1, -0.05) is 36.4 Å². The number of anilines is 2. The van der Waals surface area contributed by atoms with E-state index in [1.54, 1.807) is 18.2 Å². The molecule has 2 aromatic carbocycles. The molecule has 0 spiro atoms. The Morgan fingerprint density at radius 3 is 2.31 bits per heavy atom. The number of carbonyl (C=O) groups excluding carboxylic acids is 2. The number of hydrogen-bond acceptors (Lipinski definition) is 5. The van der Waals surface area contributed by atoms with Crippen molar-refractivity contribution in [2.45, 2.75) is 6.92 Å². The van der Waals surface area contributed by atoms with Gasteiger partial charge in [0.1, 0.15) is 11.4 Å². The van der Waals surface area contributed by atoms with E-state index >= 15 is 0 Å². The van der Waals surface area contributed by atoms with Gasteiger partial charge in [-0.2, -0.15) is 0 Å². The van der Waals surface area contributed by atoms with Crippen molar-refractivity contribution in [2.24, 2.45) is 0 Å². The van der Waals surface area contributed by atoms with E-state index in [1.807, 2.05) is 65.7 Å². The van der Waals surface area contributed by atoms with Crippen LogP contribution in [0.3, 0.4) is 0 Å². The molecule has 0 N–H and O–H groups in total. The van der Waals surface area contributed by atoms with Gasteiger partial charge in [-0.3, -0.25) is 9.59 Å². The van der Waals surface area contributed by atoms with Crippen LogP contribution in [0, 0.1) is 0 Å². The summed E-state index contributed by atoms with van der Waals surface area (Å²) >= 11 is 1.44. The predicted molar refractivity (Wildman–Crippen MR) is 116 cm³/mol. The molecule has 5 nitrogen and oxygen atoms in total. The van der Waals surface area contributed by atoms with Gasteiger partial charge in [-0.05, 0) is 42.6 Å². The zero-order valence-corrected chi connectivity index (χ0v) is 17.0. The van der Waals surface area contributed by atoms with E-state index in [1.165, 1.54) is 23.3 Å². The summed E-state index contributed by atoms with van der Waals surface area (Å²) in [5.74, 6) is -0.219. The number of rotatable bonds is 6. The second-order valence-electron chi connectivity index (χ2n) is 6.40. The molecule has 1 aromatic heterocycles. The van der Waals surface area contributed by atoms with E-state index in [-0.39, 0.29) is 11.8 Å². The summed E-state index contributed by atoms with van der Waals surface area (Å²) in [7, 11) is 1.53. The molecule has 6 heteroatoms. The third kappa shape index (κ3) is 3.21. The van der Waals surface area contributed by atoms with Gasteiger partial charge in [-0.25, -0.2) is 4.90 Å². The van der Waals surface area contributed by atoms with Crippen LogP contribution in [0.25, 0.3) is 5.57 Å². The number of hydrogen-bond donors (Lipinski definition) is 0. The highest BCUT2D eigenvalue weighted by atomic mass is 32.1. The Bertz CT molecular complexity index is 1070. The predicted octanol–water partition coefficient (Wildman–Crippen LogP) is 4.57. The van der Waals surface area contributed by atoms with Gasteiger partial charge in [0.05, 0.1) is 18.4 Å². The van der Waals surface area contributed by atoms with E-state index in [2.05, 4.69) is 0 Å². The fraction of sp³-hybridized carbons (Fsp3) is 0.130. The molecule has 146 valence electrons. The summed E-state index contributed by atoms with van der Waals surface area (Å²) < 4.78 is 5.41. The van der Waals surface area contributed by atoms with Crippen LogP contribution < -0.4 is 14.5 Å². The lowest BCUT2D eigenvalue weighted by atomic mass is 10.1. The highest BCUT2D eigenvalue weighted by Crippen LogP contribution is 2.40. The van der Waals surface area contributed by atoms with Crippen molar-refractivity contribution in [3.05, 3.63) is 82.7 Å². The molecular formula is C23H20N2O3S. The lowest BCUT2D eigenvalue weighted by molar-refractivity contribution is -0.120. The maximum Gasteiger partial charge on any atom is 0.282 e. The summed E-state index contributed by atoms with van der Waals surface area (Å²) in [5.41, 5.74) is 2.11. The number of carbonyl (C=O) groups is 2.